The van der Waals surface area contributed by atoms with Gasteiger partial charge in [-0.15, -0.1) is 0 Å². The molecule has 0 bridgehead atoms. The third-order valence-corrected chi connectivity index (χ3v) is 8.94. The van der Waals surface area contributed by atoms with Gasteiger partial charge in [0.2, 0.25) is 12.1 Å². The second-order valence-electron chi connectivity index (χ2n) is 12.3. The quantitative estimate of drug-likeness (QED) is 0.0924. The first-order valence-electron chi connectivity index (χ1n) is 17.1. The maximum Gasteiger partial charge on any atom is 0.258 e. The molecule has 2 N–H and O–H groups in total. The van der Waals surface area contributed by atoms with E-state index in [0.29, 0.717) is 43.9 Å². The van der Waals surface area contributed by atoms with Crippen molar-refractivity contribution in [2.75, 3.05) is 10.6 Å². The van der Waals surface area contributed by atoms with Gasteiger partial charge in [-0.05, 0) is 110 Å². The number of carbonyl (C=O) groups excluding carboxylic acids is 4. The highest BCUT2D eigenvalue weighted by atomic mass is 35.5. The SMILES string of the molecule is CCc1cc(CC)cc(NC(=O)C(N=Nc2ccc(-c3ccc(N=NC(C(C)=O)C(=O)Nc4cc(CC)cc(CC)c4)cc3Cl)c(Cl)c2)C(C)=O)c1. The minimum Gasteiger partial charge on any atom is -0.324 e. The fourth-order valence-electron chi connectivity index (χ4n) is 5.36. The smallest absolute Gasteiger partial charge is 0.258 e. The van der Waals surface area contributed by atoms with Crippen LogP contribution in [0.25, 0.3) is 11.1 Å². The predicted octanol–water partition coefficient (Wildman–Crippen LogP) is 10.3. The van der Waals surface area contributed by atoms with E-state index in [1.54, 1.807) is 36.4 Å². The minimum atomic E-state index is -1.35. The molecule has 0 aliphatic heterocycles. The third kappa shape index (κ3) is 10.5. The summed E-state index contributed by atoms with van der Waals surface area (Å²) in [5, 5.41) is 22.6. The van der Waals surface area contributed by atoms with Gasteiger partial charge in [-0.25, -0.2) is 0 Å². The highest BCUT2D eigenvalue weighted by Crippen LogP contribution is 2.37. The summed E-state index contributed by atoms with van der Waals surface area (Å²) in [4.78, 5) is 50.8. The van der Waals surface area contributed by atoms with Crippen molar-refractivity contribution in [3.8, 4) is 11.1 Å². The Morgan fingerprint density at radius 3 is 1.13 bits per heavy atom. The number of azo groups is 2. The van der Waals surface area contributed by atoms with Crippen LogP contribution in [0.15, 0.2) is 93.3 Å². The monoisotopic (exact) mass is 740 g/mol. The number of Topliss-reactive ketones (excluding diaryl/α,β-unsaturated/α-hetero) is 2. The molecular formula is C40H42Cl2N6O4. The lowest BCUT2D eigenvalue weighted by Gasteiger charge is -2.12. The number of hydrogen-bond donors (Lipinski definition) is 2. The Morgan fingerprint density at radius 1 is 0.538 bits per heavy atom. The fourth-order valence-corrected chi connectivity index (χ4v) is 5.92. The number of halogens is 2. The molecule has 0 spiro atoms. The van der Waals surface area contributed by atoms with Crippen LogP contribution >= 0.6 is 23.2 Å². The number of rotatable bonds is 15. The second-order valence-corrected chi connectivity index (χ2v) is 13.1. The molecule has 0 saturated heterocycles. The van der Waals surface area contributed by atoms with Gasteiger partial charge < -0.3 is 10.6 Å². The first-order valence-corrected chi connectivity index (χ1v) is 17.9. The molecule has 0 aliphatic rings. The highest BCUT2D eigenvalue weighted by molar-refractivity contribution is 6.36. The van der Waals surface area contributed by atoms with E-state index in [9.17, 15) is 19.2 Å². The molecule has 0 radical (unpaired) electrons. The molecule has 0 heterocycles. The average Bonchev–Trinajstić information content (AvgIpc) is 3.11. The number of aryl methyl sites for hydroxylation is 4. The van der Waals surface area contributed by atoms with Gasteiger partial charge in [-0.3, -0.25) is 19.2 Å². The largest absolute Gasteiger partial charge is 0.324 e. The van der Waals surface area contributed by atoms with Crippen LogP contribution in [0.5, 0.6) is 0 Å². The number of nitrogens with one attached hydrogen (secondary N) is 2. The molecule has 0 fully saturated rings. The van der Waals surface area contributed by atoms with E-state index in [0.717, 1.165) is 47.9 Å². The number of anilines is 2. The lowest BCUT2D eigenvalue weighted by Crippen LogP contribution is -2.31. The molecule has 4 rings (SSSR count). The van der Waals surface area contributed by atoms with Crippen LogP contribution in [0.4, 0.5) is 22.7 Å². The summed E-state index contributed by atoms with van der Waals surface area (Å²) in [5.74, 6) is -2.09. The van der Waals surface area contributed by atoms with E-state index >= 15 is 0 Å². The summed E-state index contributed by atoms with van der Waals surface area (Å²) in [5.41, 5.74) is 7.32. The summed E-state index contributed by atoms with van der Waals surface area (Å²) in [6.07, 6.45) is 3.23. The zero-order chi connectivity index (χ0) is 37.9. The van der Waals surface area contributed by atoms with Gasteiger partial charge >= 0.3 is 0 Å². The lowest BCUT2D eigenvalue weighted by atomic mass is 10.0. The maximum absolute atomic E-state index is 13.0. The van der Waals surface area contributed by atoms with Gasteiger partial charge in [0, 0.05) is 22.5 Å². The predicted molar refractivity (Wildman–Crippen MR) is 208 cm³/mol. The Kier molecular flexibility index (Phi) is 14.1. The van der Waals surface area contributed by atoms with E-state index in [1.165, 1.54) is 13.8 Å². The van der Waals surface area contributed by atoms with E-state index in [1.807, 2.05) is 52.0 Å². The topological polar surface area (TPSA) is 142 Å². The first-order chi connectivity index (χ1) is 24.8. The summed E-state index contributed by atoms with van der Waals surface area (Å²) in [7, 11) is 0. The molecule has 52 heavy (non-hydrogen) atoms. The third-order valence-electron chi connectivity index (χ3n) is 8.31. The first kappa shape index (κ1) is 39.7. The molecular weight excluding hydrogens is 699 g/mol. The van der Waals surface area contributed by atoms with Crippen LogP contribution in [0.2, 0.25) is 10.0 Å². The van der Waals surface area contributed by atoms with E-state index < -0.39 is 35.5 Å². The van der Waals surface area contributed by atoms with Crippen molar-refractivity contribution in [1.82, 2.24) is 0 Å². The summed E-state index contributed by atoms with van der Waals surface area (Å²) < 4.78 is 0. The van der Waals surface area contributed by atoms with Crippen molar-refractivity contribution < 1.29 is 19.2 Å². The Morgan fingerprint density at radius 2 is 0.865 bits per heavy atom. The normalized spacial score (nSPS) is 12.5. The number of ketones is 2. The highest BCUT2D eigenvalue weighted by Gasteiger charge is 2.25. The summed E-state index contributed by atoms with van der Waals surface area (Å²) >= 11 is 13.3. The van der Waals surface area contributed by atoms with Crippen LogP contribution in [-0.2, 0) is 44.9 Å². The molecule has 2 amide bonds. The van der Waals surface area contributed by atoms with Crippen LogP contribution < -0.4 is 10.6 Å². The number of hydrogen-bond acceptors (Lipinski definition) is 8. The number of benzene rings is 4. The summed E-state index contributed by atoms with van der Waals surface area (Å²) in [6.45, 7) is 10.7. The van der Waals surface area contributed by atoms with Crippen molar-refractivity contribution >= 4 is 69.3 Å². The molecule has 12 heteroatoms. The van der Waals surface area contributed by atoms with Gasteiger partial charge in [-0.2, -0.15) is 20.5 Å². The zero-order valence-corrected chi connectivity index (χ0v) is 31.6. The van der Waals surface area contributed by atoms with Crippen molar-refractivity contribution in [3.05, 3.63) is 105 Å². The van der Waals surface area contributed by atoms with Crippen LogP contribution in [0.1, 0.15) is 63.8 Å². The lowest BCUT2D eigenvalue weighted by molar-refractivity contribution is -0.127. The number of amides is 2. The van der Waals surface area contributed by atoms with Crippen molar-refractivity contribution in [3.63, 3.8) is 0 Å². The summed E-state index contributed by atoms with van der Waals surface area (Å²) in [6, 6.07) is 18.7. The minimum absolute atomic E-state index is 0.298. The van der Waals surface area contributed by atoms with E-state index in [-0.39, 0.29) is 0 Å². The zero-order valence-electron chi connectivity index (χ0n) is 30.1. The number of nitrogens with zero attached hydrogens (tertiary/aromatic N) is 4. The van der Waals surface area contributed by atoms with Crippen molar-refractivity contribution in [2.45, 2.75) is 79.3 Å². The molecule has 270 valence electrons. The standard InChI is InChI=1S/C40H42Cl2N6O4/c1-7-25-15-26(8-2)18-31(17-25)43-39(51)37(23(5)49)47-45-29-11-13-33(35(41)21-29)34-14-12-30(22-36(34)42)46-48-38(24(6)50)40(52)44-32-19-27(9-3)16-28(10-4)20-32/h11-22,37-38H,7-10H2,1-6H3,(H,43,51)(H,44,52). The molecule has 0 aliphatic carbocycles. The average molecular weight is 742 g/mol. The van der Waals surface area contributed by atoms with Crippen LogP contribution in [0.3, 0.4) is 0 Å². The molecule has 0 aromatic heterocycles. The van der Waals surface area contributed by atoms with Crippen LogP contribution in [-0.4, -0.2) is 35.5 Å². The molecule has 0 saturated carbocycles. The fraction of sp³-hybridized carbons (Fsp3) is 0.300. The molecule has 4 aromatic carbocycles. The van der Waals surface area contributed by atoms with E-state index in [2.05, 4.69) is 43.2 Å². The Balaban J connectivity index is 1.48. The Labute approximate surface area is 314 Å². The van der Waals surface area contributed by atoms with Gasteiger partial charge in [0.25, 0.3) is 11.8 Å². The number of carbonyl (C=O) groups is 4. The van der Waals surface area contributed by atoms with Crippen molar-refractivity contribution in [2.24, 2.45) is 20.5 Å². The molecule has 2 unspecified atom stereocenters. The van der Waals surface area contributed by atoms with Gasteiger partial charge in [0.15, 0.2) is 11.6 Å². The van der Waals surface area contributed by atoms with Gasteiger partial charge in [-0.1, -0.05) is 75.2 Å². The Bertz CT molecular complexity index is 1860. The molecule has 4 aromatic rings. The second kappa shape index (κ2) is 18.4. The maximum atomic E-state index is 13.0. The molecule has 2 atom stereocenters. The van der Waals surface area contributed by atoms with Gasteiger partial charge in [0.1, 0.15) is 0 Å². The molecule has 10 nitrogen and oxygen atoms in total. The Hall–Kier alpha value is -5.06. The van der Waals surface area contributed by atoms with Crippen LogP contribution in [0, 0.1) is 0 Å². The van der Waals surface area contributed by atoms with Gasteiger partial charge in [0.05, 0.1) is 21.4 Å². The van der Waals surface area contributed by atoms with E-state index in [4.69, 9.17) is 23.2 Å². The van der Waals surface area contributed by atoms with Crippen molar-refractivity contribution in [1.29, 1.82) is 0 Å².